The molecule has 1 aliphatic heterocycles. The maximum Gasteiger partial charge on any atom is 0.324 e. The van der Waals surface area contributed by atoms with Crippen LogP contribution >= 0.6 is 0 Å². The van der Waals surface area contributed by atoms with E-state index in [9.17, 15) is 14.4 Å². The van der Waals surface area contributed by atoms with Crippen molar-refractivity contribution in [3.05, 3.63) is 59.2 Å². The molecule has 0 aliphatic carbocycles. The highest BCUT2D eigenvalue weighted by atomic mass is 16.5. The van der Waals surface area contributed by atoms with Crippen molar-refractivity contribution in [1.82, 2.24) is 10.2 Å². The topological polar surface area (TPSA) is 87.7 Å². The van der Waals surface area contributed by atoms with Crippen molar-refractivity contribution < 1.29 is 19.1 Å². The van der Waals surface area contributed by atoms with Crippen molar-refractivity contribution in [2.24, 2.45) is 0 Å². The minimum absolute atomic E-state index is 0.0236. The van der Waals surface area contributed by atoms with E-state index in [0.29, 0.717) is 5.69 Å². The molecule has 0 unspecified atom stereocenters. The molecule has 0 aromatic heterocycles. The summed E-state index contributed by atoms with van der Waals surface area (Å²) in [6.07, 6.45) is 0.212. The second-order valence-electron chi connectivity index (χ2n) is 6.73. The van der Waals surface area contributed by atoms with Gasteiger partial charge in [0.2, 0.25) is 11.8 Å². The number of imide groups is 1. The SMILES string of the molecule is Cc1ccc(OCCC(=O)Nc2cccc(CN3C(=O)CNC3=O)c2)cc1C. The van der Waals surface area contributed by atoms with E-state index < -0.39 is 6.03 Å². The average Bonchev–Trinajstić information content (AvgIpc) is 2.97. The molecule has 2 aromatic carbocycles. The molecule has 0 bridgehead atoms. The van der Waals surface area contributed by atoms with Gasteiger partial charge in [0, 0.05) is 5.69 Å². The molecule has 4 amide bonds. The van der Waals surface area contributed by atoms with E-state index in [2.05, 4.69) is 10.6 Å². The summed E-state index contributed by atoms with van der Waals surface area (Å²) in [5.74, 6) is 0.311. The molecule has 1 saturated heterocycles. The van der Waals surface area contributed by atoms with Gasteiger partial charge in [-0.05, 0) is 54.8 Å². The number of ether oxygens (including phenoxy) is 1. The molecule has 7 nitrogen and oxygen atoms in total. The quantitative estimate of drug-likeness (QED) is 0.722. The Bertz CT molecular complexity index is 894. The Morgan fingerprint density at radius 1 is 1.14 bits per heavy atom. The summed E-state index contributed by atoms with van der Waals surface area (Å²) < 4.78 is 5.64. The monoisotopic (exact) mass is 381 g/mol. The minimum atomic E-state index is -0.400. The van der Waals surface area contributed by atoms with Crippen LogP contribution in [0.4, 0.5) is 10.5 Å². The summed E-state index contributed by atoms with van der Waals surface area (Å²) in [6.45, 7) is 4.52. The number of rotatable bonds is 7. The van der Waals surface area contributed by atoms with Gasteiger partial charge in [0.05, 0.1) is 26.1 Å². The summed E-state index contributed by atoms with van der Waals surface area (Å²) in [5.41, 5.74) is 3.71. The second kappa shape index (κ2) is 8.56. The predicted octanol–water partition coefficient (Wildman–Crippen LogP) is 2.76. The molecule has 1 fully saturated rings. The van der Waals surface area contributed by atoms with Crippen LogP contribution in [0, 0.1) is 13.8 Å². The first-order valence-electron chi connectivity index (χ1n) is 9.09. The molecule has 2 aromatic rings. The van der Waals surface area contributed by atoms with E-state index in [1.165, 1.54) is 5.56 Å². The molecule has 28 heavy (non-hydrogen) atoms. The Hall–Kier alpha value is -3.35. The van der Waals surface area contributed by atoms with Crippen LogP contribution in [0.5, 0.6) is 5.75 Å². The Balaban J connectivity index is 1.50. The van der Waals surface area contributed by atoms with Crippen molar-refractivity contribution in [2.75, 3.05) is 18.5 Å². The second-order valence-corrected chi connectivity index (χ2v) is 6.73. The third-order valence-corrected chi connectivity index (χ3v) is 4.56. The standard InChI is InChI=1S/C21H23N3O4/c1-14-6-7-18(10-15(14)2)28-9-8-19(25)23-17-5-3-4-16(11-17)13-24-20(26)12-22-21(24)27/h3-7,10-11H,8-9,12-13H2,1-2H3,(H,22,27)(H,23,25). The zero-order valence-electron chi connectivity index (χ0n) is 16.0. The van der Waals surface area contributed by atoms with Crippen LogP contribution in [0.1, 0.15) is 23.1 Å². The van der Waals surface area contributed by atoms with Crippen molar-refractivity contribution in [3.8, 4) is 5.75 Å². The average molecular weight is 381 g/mol. The number of hydrogen-bond donors (Lipinski definition) is 2. The third-order valence-electron chi connectivity index (χ3n) is 4.56. The lowest BCUT2D eigenvalue weighted by Crippen LogP contribution is -2.30. The molecule has 0 radical (unpaired) electrons. The minimum Gasteiger partial charge on any atom is -0.493 e. The number of amides is 4. The van der Waals surface area contributed by atoms with E-state index in [4.69, 9.17) is 4.74 Å². The van der Waals surface area contributed by atoms with Crippen molar-refractivity contribution in [1.29, 1.82) is 0 Å². The normalized spacial score (nSPS) is 13.4. The zero-order valence-corrected chi connectivity index (χ0v) is 16.0. The van der Waals surface area contributed by atoms with Crippen molar-refractivity contribution in [2.45, 2.75) is 26.8 Å². The molecule has 7 heteroatoms. The molecule has 0 atom stereocenters. The van der Waals surface area contributed by atoms with Crippen LogP contribution in [-0.4, -0.2) is 35.9 Å². The van der Waals surface area contributed by atoms with Gasteiger partial charge < -0.3 is 15.4 Å². The van der Waals surface area contributed by atoms with Gasteiger partial charge in [-0.2, -0.15) is 0 Å². The summed E-state index contributed by atoms with van der Waals surface area (Å²) in [5, 5.41) is 5.30. The highest BCUT2D eigenvalue weighted by Crippen LogP contribution is 2.17. The van der Waals surface area contributed by atoms with Crippen molar-refractivity contribution in [3.63, 3.8) is 0 Å². The highest BCUT2D eigenvalue weighted by Gasteiger charge is 2.28. The molecular formula is C21H23N3O4. The number of carbonyl (C=O) groups is 3. The van der Waals surface area contributed by atoms with Crippen LogP contribution in [0.3, 0.4) is 0 Å². The summed E-state index contributed by atoms with van der Waals surface area (Å²) in [7, 11) is 0. The number of urea groups is 1. The first-order chi connectivity index (χ1) is 13.4. The summed E-state index contributed by atoms with van der Waals surface area (Å²) in [6, 6.07) is 12.5. The molecule has 0 saturated carbocycles. The fourth-order valence-corrected chi connectivity index (χ4v) is 2.83. The zero-order chi connectivity index (χ0) is 20.1. The number of hydrogen-bond acceptors (Lipinski definition) is 4. The van der Waals surface area contributed by atoms with Gasteiger partial charge in [0.1, 0.15) is 5.75 Å². The first-order valence-corrected chi connectivity index (χ1v) is 9.09. The van der Waals surface area contributed by atoms with Gasteiger partial charge in [0.25, 0.3) is 0 Å². The highest BCUT2D eigenvalue weighted by molar-refractivity contribution is 6.01. The van der Waals surface area contributed by atoms with Crippen LogP contribution in [0.25, 0.3) is 0 Å². The number of carbonyl (C=O) groups excluding carboxylic acids is 3. The Morgan fingerprint density at radius 2 is 1.96 bits per heavy atom. The van der Waals surface area contributed by atoms with Crippen LogP contribution in [-0.2, 0) is 16.1 Å². The number of aryl methyl sites for hydroxylation is 2. The van der Waals surface area contributed by atoms with Gasteiger partial charge >= 0.3 is 6.03 Å². The maximum atomic E-state index is 12.2. The van der Waals surface area contributed by atoms with E-state index in [0.717, 1.165) is 21.8 Å². The molecule has 0 spiro atoms. The lowest BCUT2D eigenvalue weighted by molar-refractivity contribution is -0.125. The fraction of sp³-hybridized carbons (Fsp3) is 0.286. The fourth-order valence-electron chi connectivity index (χ4n) is 2.83. The number of benzene rings is 2. The first kappa shape index (κ1) is 19.4. The molecule has 146 valence electrons. The van der Waals surface area contributed by atoms with Gasteiger partial charge in [-0.25, -0.2) is 4.79 Å². The lowest BCUT2D eigenvalue weighted by Gasteiger charge is -2.13. The van der Waals surface area contributed by atoms with Crippen LogP contribution in [0.2, 0.25) is 0 Å². The summed E-state index contributed by atoms with van der Waals surface area (Å²) in [4.78, 5) is 36.6. The molecule has 1 heterocycles. The number of nitrogens with one attached hydrogen (secondary N) is 2. The maximum absolute atomic E-state index is 12.2. The van der Waals surface area contributed by atoms with Gasteiger partial charge in [-0.1, -0.05) is 18.2 Å². The third kappa shape index (κ3) is 4.88. The van der Waals surface area contributed by atoms with Gasteiger partial charge in [-0.3, -0.25) is 14.5 Å². The largest absolute Gasteiger partial charge is 0.493 e. The molecule has 2 N–H and O–H groups in total. The van der Waals surface area contributed by atoms with E-state index >= 15 is 0 Å². The lowest BCUT2D eigenvalue weighted by atomic mass is 10.1. The Kier molecular flexibility index (Phi) is 5.93. The van der Waals surface area contributed by atoms with Crippen LogP contribution < -0.4 is 15.4 Å². The molecular weight excluding hydrogens is 358 g/mol. The van der Waals surface area contributed by atoms with Gasteiger partial charge in [-0.15, -0.1) is 0 Å². The molecule has 1 aliphatic rings. The molecule has 3 rings (SSSR count). The van der Waals surface area contributed by atoms with E-state index in [1.54, 1.807) is 24.3 Å². The van der Waals surface area contributed by atoms with E-state index in [-0.39, 0.29) is 37.9 Å². The Labute approximate surface area is 163 Å². The van der Waals surface area contributed by atoms with Crippen LogP contribution in [0.15, 0.2) is 42.5 Å². The number of nitrogens with zero attached hydrogens (tertiary/aromatic N) is 1. The predicted molar refractivity (Wildman–Crippen MR) is 105 cm³/mol. The van der Waals surface area contributed by atoms with E-state index in [1.807, 2.05) is 32.0 Å². The Morgan fingerprint density at radius 3 is 2.68 bits per heavy atom. The summed E-state index contributed by atoms with van der Waals surface area (Å²) >= 11 is 0. The smallest absolute Gasteiger partial charge is 0.324 e. The van der Waals surface area contributed by atoms with Gasteiger partial charge in [0.15, 0.2) is 0 Å². The number of anilines is 1. The van der Waals surface area contributed by atoms with Crippen molar-refractivity contribution >= 4 is 23.5 Å².